The monoisotopic (exact) mass is 298 g/mol. The predicted molar refractivity (Wildman–Crippen MR) is 78.9 cm³/mol. The molecule has 1 heterocycles. The van der Waals surface area contributed by atoms with Crippen LogP contribution in [0.1, 0.15) is 61.0 Å². The summed E-state index contributed by atoms with van der Waals surface area (Å²) in [5, 5.41) is 19.5. The highest BCUT2D eigenvalue weighted by Crippen LogP contribution is 2.38. The van der Waals surface area contributed by atoms with Crippen LogP contribution in [0.4, 0.5) is 0 Å². The van der Waals surface area contributed by atoms with Crippen LogP contribution < -0.4 is 4.74 Å². The van der Waals surface area contributed by atoms with E-state index >= 15 is 0 Å². The molecular weight excluding hydrogens is 276 g/mol. The van der Waals surface area contributed by atoms with E-state index in [1.165, 1.54) is 11.3 Å². The van der Waals surface area contributed by atoms with Crippen molar-refractivity contribution in [1.29, 1.82) is 0 Å². The minimum atomic E-state index is -0.973. The summed E-state index contributed by atoms with van der Waals surface area (Å²) < 4.78 is 5.64. The zero-order valence-electron chi connectivity index (χ0n) is 12.2. The molecule has 1 aromatic rings. The lowest BCUT2D eigenvalue weighted by Gasteiger charge is -2.22. The summed E-state index contributed by atoms with van der Waals surface area (Å²) in [5.74, 6) is -0.591. The lowest BCUT2D eigenvalue weighted by molar-refractivity contribution is 0.00106. The first-order valence-electron chi connectivity index (χ1n) is 6.94. The SMILES string of the molecule is CC(C)(C)c1cc(OCC2(O)CCCC2)c(C(=O)O)s1. The van der Waals surface area contributed by atoms with Crippen LogP contribution in [-0.2, 0) is 5.41 Å². The largest absolute Gasteiger partial charge is 0.489 e. The maximum atomic E-state index is 11.3. The molecule has 0 unspecified atom stereocenters. The van der Waals surface area contributed by atoms with Crippen LogP contribution in [0.3, 0.4) is 0 Å². The summed E-state index contributed by atoms with van der Waals surface area (Å²) in [6.07, 6.45) is 3.46. The molecular formula is C15H22O4S. The van der Waals surface area contributed by atoms with Gasteiger partial charge in [-0.2, -0.15) is 0 Å². The summed E-state index contributed by atoms with van der Waals surface area (Å²) >= 11 is 1.25. The van der Waals surface area contributed by atoms with Crippen molar-refractivity contribution in [2.75, 3.05) is 6.61 Å². The Bertz CT molecular complexity index is 492. The Kier molecular flexibility index (Phi) is 4.12. The summed E-state index contributed by atoms with van der Waals surface area (Å²) in [5.41, 5.74) is -0.902. The van der Waals surface area contributed by atoms with Gasteiger partial charge in [-0.05, 0) is 24.3 Å². The van der Waals surface area contributed by atoms with E-state index in [9.17, 15) is 15.0 Å². The Morgan fingerprint density at radius 1 is 1.40 bits per heavy atom. The molecule has 0 bridgehead atoms. The smallest absolute Gasteiger partial charge is 0.349 e. The van der Waals surface area contributed by atoms with Gasteiger partial charge in [0.2, 0.25) is 0 Å². The van der Waals surface area contributed by atoms with Gasteiger partial charge in [0.1, 0.15) is 12.4 Å². The van der Waals surface area contributed by atoms with Crippen molar-refractivity contribution in [2.45, 2.75) is 57.5 Å². The van der Waals surface area contributed by atoms with E-state index in [1.54, 1.807) is 6.07 Å². The number of carbonyl (C=O) groups is 1. The van der Waals surface area contributed by atoms with Crippen molar-refractivity contribution < 1.29 is 19.7 Å². The Balaban J connectivity index is 2.17. The van der Waals surface area contributed by atoms with E-state index in [1.807, 2.05) is 20.8 Å². The van der Waals surface area contributed by atoms with Crippen molar-refractivity contribution in [2.24, 2.45) is 0 Å². The van der Waals surface area contributed by atoms with Crippen molar-refractivity contribution in [3.8, 4) is 5.75 Å². The van der Waals surface area contributed by atoms with Gasteiger partial charge in [0, 0.05) is 4.88 Å². The number of carboxylic acids is 1. The second-order valence-corrected chi connectivity index (χ2v) is 7.63. The lowest BCUT2D eigenvalue weighted by Crippen LogP contribution is -2.32. The number of rotatable bonds is 4. The third-order valence-electron chi connectivity index (χ3n) is 3.66. The minimum Gasteiger partial charge on any atom is -0.489 e. The second-order valence-electron chi connectivity index (χ2n) is 6.58. The normalized spacial score (nSPS) is 18.2. The molecule has 0 aromatic carbocycles. The van der Waals surface area contributed by atoms with Gasteiger partial charge in [0.25, 0.3) is 0 Å². The van der Waals surface area contributed by atoms with Gasteiger partial charge in [-0.25, -0.2) is 4.79 Å². The molecule has 1 aliphatic carbocycles. The van der Waals surface area contributed by atoms with E-state index < -0.39 is 11.6 Å². The van der Waals surface area contributed by atoms with Crippen LogP contribution in [0.5, 0.6) is 5.75 Å². The third kappa shape index (κ3) is 3.33. The fourth-order valence-electron chi connectivity index (χ4n) is 2.39. The average Bonchev–Trinajstić information content (AvgIpc) is 2.92. The third-order valence-corrected chi connectivity index (χ3v) is 5.19. The Morgan fingerprint density at radius 3 is 2.50 bits per heavy atom. The maximum Gasteiger partial charge on any atom is 0.349 e. The highest BCUT2D eigenvalue weighted by atomic mass is 32.1. The molecule has 0 radical (unpaired) electrons. The summed E-state index contributed by atoms with van der Waals surface area (Å²) in [6, 6.07) is 1.80. The molecule has 0 spiro atoms. The molecule has 2 N–H and O–H groups in total. The molecule has 1 fully saturated rings. The van der Waals surface area contributed by atoms with Crippen LogP contribution in [0.25, 0.3) is 0 Å². The van der Waals surface area contributed by atoms with Gasteiger partial charge in [-0.15, -0.1) is 11.3 Å². The molecule has 20 heavy (non-hydrogen) atoms. The topological polar surface area (TPSA) is 66.8 Å². The first-order chi connectivity index (χ1) is 9.21. The van der Waals surface area contributed by atoms with Gasteiger partial charge < -0.3 is 14.9 Å². The Labute approximate surface area is 123 Å². The van der Waals surface area contributed by atoms with E-state index in [-0.39, 0.29) is 16.9 Å². The van der Waals surface area contributed by atoms with Crippen molar-refractivity contribution in [3.05, 3.63) is 15.8 Å². The molecule has 1 aliphatic rings. The Hall–Kier alpha value is -1.07. The molecule has 5 heteroatoms. The number of aromatic carboxylic acids is 1. The van der Waals surface area contributed by atoms with E-state index in [0.717, 1.165) is 30.6 Å². The van der Waals surface area contributed by atoms with Crippen LogP contribution in [-0.4, -0.2) is 28.4 Å². The van der Waals surface area contributed by atoms with Gasteiger partial charge in [-0.3, -0.25) is 0 Å². The maximum absolute atomic E-state index is 11.3. The van der Waals surface area contributed by atoms with Crippen molar-refractivity contribution >= 4 is 17.3 Å². The highest BCUT2D eigenvalue weighted by Gasteiger charge is 2.33. The van der Waals surface area contributed by atoms with Gasteiger partial charge in [-0.1, -0.05) is 33.6 Å². The highest BCUT2D eigenvalue weighted by molar-refractivity contribution is 7.14. The van der Waals surface area contributed by atoms with Crippen LogP contribution in [0, 0.1) is 0 Å². The Morgan fingerprint density at radius 2 is 2.00 bits per heavy atom. The van der Waals surface area contributed by atoms with Gasteiger partial charge >= 0.3 is 5.97 Å². The number of carboxylic acid groups (broad SMARTS) is 1. The molecule has 2 rings (SSSR count). The van der Waals surface area contributed by atoms with Crippen LogP contribution in [0.2, 0.25) is 0 Å². The quantitative estimate of drug-likeness (QED) is 0.893. The zero-order chi connectivity index (χ0) is 15.0. The summed E-state index contributed by atoms with van der Waals surface area (Å²) in [6.45, 7) is 6.30. The average molecular weight is 298 g/mol. The molecule has 1 saturated carbocycles. The zero-order valence-corrected chi connectivity index (χ0v) is 13.0. The fourth-order valence-corrected chi connectivity index (χ4v) is 3.39. The molecule has 4 nitrogen and oxygen atoms in total. The molecule has 0 atom stereocenters. The van der Waals surface area contributed by atoms with Crippen molar-refractivity contribution in [3.63, 3.8) is 0 Å². The van der Waals surface area contributed by atoms with Crippen LogP contribution in [0.15, 0.2) is 6.07 Å². The number of hydrogen-bond acceptors (Lipinski definition) is 4. The summed E-state index contributed by atoms with van der Waals surface area (Å²) in [4.78, 5) is 12.5. The number of hydrogen-bond donors (Lipinski definition) is 2. The minimum absolute atomic E-state index is 0.110. The summed E-state index contributed by atoms with van der Waals surface area (Å²) in [7, 11) is 0. The second kappa shape index (κ2) is 5.37. The molecule has 1 aromatic heterocycles. The van der Waals surface area contributed by atoms with Crippen LogP contribution >= 0.6 is 11.3 Å². The standard InChI is InChI=1S/C15H22O4S/c1-14(2,3)11-8-10(12(20-11)13(16)17)19-9-15(18)6-4-5-7-15/h8,18H,4-7,9H2,1-3H3,(H,16,17). The molecule has 0 aliphatic heterocycles. The number of thiophene rings is 1. The fraction of sp³-hybridized carbons (Fsp3) is 0.667. The van der Waals surface area contributed by atoms with E-state index in [0.29, 0.717) is 5.75 Å². The first kappa shape index (κ1) is 15.3. The molecule has 112 valence electrons. The lowest BCUT2D eigenvalue weighted by atomic mass is 9.95. The van der Waals surface area contributed by atoms with Gasteiger partial charge in [0.05, 0.1) is 5.60 Å². The predicted octanol–water partition coefficient (Wildman–Crippen LogP) is 3.43. The van der Waals surface area contributed by atoms with E-state index in [4.69, 9.17) is 4.74 Å². The number of aliphatic hydroxyl groups is 1. The molecule has 0 amide bonds. The van der Waals surface area contributed by atoms with Gasteiger partial charge in [0.15, 0.2) is 4.88 Å². The molecule has 0 saturated heterocycles. The van der Waals surface area contributed by atoms with E-state index in [2.05, 4.69) is 0 Å². The number of ether oxygens (including phenoxy) is 1. The first-order valence-corrected chi connectivity index (χ1v) is 7.76. The van der Waals surface area contributed by atoms with Crippen molar-refractivity contribution in [1.82, 2.24) is 0 Å².